The molecule has 0 bridgehead atoms. The first-order valence-electron chi connectivity index (χ1n) is 8.37. The standard InChI is InChI=1S/C16H22N8/c1-9(2)15-22-21-13-6-5-11(8-24(13)15)20-14-12-7-17-23(4)16(12)19-10(3)18-14/h7,9,11H,5-6,8H2,1-4H3,(H,18,19,20). The molecule has 4 heterocycles. The first-order valence-corrected chi connectivity index (χ1v) is 8.37. The zero-order chi connectivity index (χ0) is 16.8. The Kier molecular flexibility index (Phi) is 3.47. The molecule has 0 spiro atoms. The van der Waals surface area contributed by atoms with Crippen LogP contribution >= 0.6 is 0 Å². The highest BCUT2D eigenvalue weighted by Crippen LogP contribution is 2.25. The van der Waals surface area contributed by atoms with E-state index >= 15 is 0 Å². The molecule has 0 amide bonds. The average molecular weight is 326 g/mol. The highest BCUT2D eigenvalue weighted by molar-refractivity contribution is 5.86. The lowest BCUT2D eigenvalue weighted by atomic mass is 10.1. The quantitative estimate of drug-likeness (QED) is 0.790. The minimum atomic E-state index is 0.295. The van der Waals surface area contributed by atoms with E-state index in [1.165, 1.54) is 0 Å². The van der Waals surface area contributed by atoms with E-state index < -0.39 is 0 Å². The highest BCUT2D eigenvalue weighted by atomic mass is 15.3. The fourth-order valence-electron chi connectivity index (χ4n) is 3.33. The first kappa shape index (κ1) is 15.0. The summed E-state index contributed by atoms with van der Waals surface area (Å²) in [4.78, 5) is 9.07. The molecule has 1 atom stereocenters. The Bertz CT molecular complexity index is 891. The fraction of sp³-hybridized carbons (Fsp3) is 0.562. The van der Waals surface area contributed by atoms with Gasteiger partial charge in [0.1, 0.15) is 23.3 Å². The molecule has 1 aliphatic heterocycles. The molecule has 0 saturated heterocycles. The lowest BCUT2D eigenvalue weighted by molar-refractivity contribution is 0.459. The molecule has 24 heavy (non-hydrogen) atoms. The average Bonchev–Trinajstić information content (AvgIpc) is 3.11. The maximum atomic E-state index is 4.59. The zero-order valence-electron chi connectivity index (χ0n) is 14.5. The number of nitrogens with zero attached hydrogens (tertiary/aromatic N) is 7. The Morgan fingerprint density at radius 1 is 1.25 bits per heavy atom. The topological polar surface area (TPSA) is 86.3 Å². The van der Waals surface area contributed by atoms with Crippen molar-refractivity contribution in [2.24, 2.45) is 7.05 Å². The zero-order valence-corrected chi connectivity index (χ0v) is 14.5. The van der Waals surface area contributed by atoms with E-state index in [-0.39, 0.29) is 0 Å². The second kappa shape index (κ2) is 5.54. The number of rotatable bonds is 3. The Hall–Kier alpha value is -2.51. The Balaban J connectivity index is 1.64. The number of fused-ring (bicyclic) bond motifs is 2. The second-order valence-corrected chi connectivity index (χ2v) is 6.74. The summed E-state index contributed by atoms with van der Waals surface area (Å²) in [7, 11) is 1.90. The molecule has 0 fully saturated rings. The predicted molar refractivity (Wildman–Crippen MR) is 90.9 cm³/mol. The second-order valence-electron chi connectivity index (χ2n) is 6.74. The van der Waals surface area contributed by atoms with Gasteiger partial charge in [-0.3, -0.25) is 4.68 Å². The van der Waals surface area contributed by atoms with E-state index in [9.17, 15) is 0 Å². The summed E-state index contributed by atoms with van der Waals surface area (Å²) in [5.41, 5.74) is 0.855. The maximum absolute atomic E-state index is 4.59. The molecule has 1 N–H and O–H groups in total. The van der Waals surface area contributed by atoms with Gasteiger partial charge in [0.2, 0.25) is 0 Å². The summed E-state index contributed by atoms with van der Waals surface area (Å²) in [6.45, 7) is 7.08. The minimum absolute atomic E-state index is 0.295. The van der Waals surface area contributed by atoms with Crippen LogP contribution in [-0.2, 0) is 20.0 Å². The lowest BCUT2D eigenvalue weighted by Crippen LogP contribution is -2.32. The number of anilines is 1. The van der Waals surface area contributed by atoms with Crippen LogP contribution in [0.5, 0.6) is 0 Å². The van der Waals surface area contributed by atoms with Crippen LogP contribution in [0.2, 0.25) is 0 Å². The molecule has 1 unspecified atom stereocenters. The summed E-state index contributed by atoms with van der Waals surface area (Å²) in [5, 5.41) is 17.5. The van der Waals surface area contributed by atoms with Gasteiger partial charge < -0.3 is 9.88 Å². The lowest BCUT2D eigenvalue weighted by Gasteiger charge is -2.26. The molecule has 8 heteroatoms. The number of hydrogen-bond acceptors (Lipinski definition) is 6. The number of nitrogens with one attached hydrogen (secondary N) is 1. The van der Waals surface area contributed by atoms with Crippen molar-refractivity contribution in [1.82, 2.24) is 34.5 Å². The van der Waals surface area contributed by atoms with Crippen LogP contribution in [0.1, 0.15) is 43.7 Å². The first-order chi connectivity index (χ1) is 11.5. The highest BCUT2D eigenvalue weighted by Gasteiger charge is 2.25. The molecule has 8 nitrogen and oxygen atoms in total. The Morgan fingerprint density at radius 2 is 2.08 bits per heavy atom. The van der Waals surface area contributed by atoms with E-state index in [0.29, 0.717) is 12.0 Å². The molecule has 1 aliphatic rings. The van der Waals surface area contributed by atoms with Crippen LogP contribution in [-0.4, -0.2) is 40.6 Å². The van der Waals surface area contributed by atoms with Crippen molar-refractivity contribution in [3.63, 3.8) is 0 Å². The van der Waals surface area contributed by atoms with Crippen LogP contribution in [0.25, 0.3) is 11.0 Å². The summed E-state index contributed by atoms with van der Waals surface area (Å²) in [5.74, 6) is 4.12. The van der Waals surface area contributed by atoms with Crippen molar-refractivity contribution in [2.45, 2.75) is 52.1 Å². The Morgan fingerprint density at radius 3 is 2.88 bits per heavy atom. The van der Waals surface area contributed by atoms with Crippen molar-refractivity contribution >= 4 is 16.9 Å². The van der Waals surface area contributed by atoms with Gasteiger partial charge in [0.25, 0.3) is 0 Å². The van der Waals surface area contributed by atoms with Crippen molar-refractivity contribution in [3.8, 4) is 0 Å². The van der Waals surface area contributed by atoms with E-state index in [1.807, 2.05) is 20.2 Å². The maximum Gasteiger partial charge on any atom is 0.163 e. The monoisotopic (exact) mass is 326 g/mol. The van der Waals surface area contributed by atoms with Crippen LogP contribution in [0, 0.1) is 6.92 Å². The summed E-state index contributed by atoms with van der Waals surface area (Å²) in [6.07, 6.45) is 3.77. The van der Waals surface area contributed by atoms with Crippen molar-refractivity contribution in [1.29, 1.82) is 0 Å². The minimum Gasteiger partial charge on any atom is -0.365 e. The van der Waals surface area contributed by atoms with E-state index in [1.54, 1.807) is 4.68 Å². The Labute approximate surface area is 140 Å². The molecule has 0 aromatic carbocycles. The number of aryl methyl sites for hydroxylation is 3. The number of hydrogen-bond donors (Lipinski definition) is 1. The third kappa shape index (κ3) is 2.42. The van der Waals surface area contributed by atoms with Gasteiger partial charge in [-0.05, 0) is 13.3 Å². The molecule has 4 rings (SSSR count). The molecule has 3 aromatic rings. The molecule has 3 aromatic heterocycles. The summed E-state index contributed by atoms with van der Waals surface area (Å²) in [6, 6.07) is 0.295. The van der Waals surface area contributed by atoms with Gasteiger partial charge >= 0.3 is 0 Å². The van der Waals surface area contributed by atoms with Gasteiger partial charge in [0.15, 0.2) is 5.65 Å². The summed E-state index contributed by atoms with van der Waals surface area (Å²) < 4.78 is 4.03. The van der Waals surface area contributed by atoms with Crippen molar-refractivity contribution < 1.29 is 0 Å². The normalized spacial score (nSPS) is 17.5. The third-order valence-electron chi connectivity index (χ3n) is 4.54. The molecular formula is C16H22N8. The molecule has 0 saturated carbocycles. The van der Waals surface area contributed by atoms with Crippen LogP contribution in [0.4, 0.5) is 5.82 Å². The van der Waals surface area contributed by atoms with Gasteiger partial charge in [-0.2, -0.15) is 5.10 Å². The van der Waals surface area contributed by atoms with Crippen LogP contribution in [0.15, 0.2) is 6.20 Å². The van der Waals surface area contributed by atoms with Gasteiger partial charge in [-0.25, -0.2) is 9.97 Å². The number of aromatic nitrogens is 7. The largest absolute Gasteiger partial charge is 0.365 e. The van der Waals surface area contributed by atoms with Crippen molar-refractivity contribution in [2.75, 3.05) is 5.32 Å². The van der Waals surface area contributed by atoms with Gasteiger partial charge in [-0.1, -0.05) is 13.8 Å². The van der Waals surface area contributed by atoms with Gasteiger partial charge in [-0.15, -0.1) is 10.2 Å². The summed E-state index contributed by atoms with van der Waals surface area (Å²) >= 11 is 0. The SMILES string of the molecule is Cc1nc(NC2CCc3nnc(C(C)C)n3C2)c2cnn(C)c2n1. The predicted octanol–water partition coefficient (Wildman–Crippen LogP) is 1.81. The van der Waals surface area contributed by atoms with Crippen LogP contribution < -0.4 is 5.32 Å². The van der Waals surface area contributed by atoms with Crippen LogP contribution in [0.3, 0.4) is 0 Å². The smallest absolute Gasteiger partial charge is 0.163 e. The molecular weight excluding hydrogens is 304 g/mol. The molecule has 0 aliphatic carbocycles. The van der Waals surface area contributed by atoms with Crippen molar-refractivity contribution in [3.05, 3.63) is 23.7 Å². The van der Waals surface area contributed by atoms with E-state index in [4.69, 9.17) is 0 Å². The van der Waals surface area contributed by atoms with E-state index in [0.717, 1.165) is 53.7 Å². The fourth-order valence-corrected chi connectivity index (χ4v) is 3.33. The van der Waals surface area contributed by atoms with E-state index in [2.05, 4.69) is 49.0 Å². The van der Waals surface area contributed by atoms with Gasteiger partial charge in [0.05, 0.1) is 11.6 Å². The molecule has 126 valence electrons. The van der Waals surface area contributed by atoms with Gasteiger partial charge in [0, 0.05) is 32.0 Å². The molecule has 0 radical (unpaired) electrons. The third-order valence-corrected chi connectivity index (χ3v) is 4.54.